The Morgan fingerprint density at radius 3 is 2.91 bits per heavy atom. The van der Waals surface area contributed by atoms with Crippen molar-refractivity contribution in [1.82, 2.24) is 24.5 Å². The van der Waals surface area contributed by atoms with E-state index in [1.807, 2.05) is 17.7 Å². The topological polar surface area (TPSA) is 69.6 Å². The minimum atomic E-state index is -0.603. The maximum Gasteiger partial charge on any atom is 0.250 e. The molecule has 22 heavy (non-hydrogen) atoms. The van der Waals surface area contributed by atoms with Gasteiger partial charge in [0.1, 0.15) is 11.2 Å². The third kappa shape index (κ3) is 1.95. The second-order valence-electron chi connectivity index (χ2n) is 4.77. The molecule has 7 heteroatoms. The van der Waals surface area contributed by atoms with Crippen LogP contribution in [-0.2, 0) is 7.05 Å². The summed E-state index contributed by atoms with van der Waals surface area (Å²) in [5, 5.41) is 0. The summed E-state index contributed by atoms with van der Waals surface area (Å²) in [7, 11) is 1.88. The predicted octanol–water partition coefficient (Wildman–Crippen LogP) is 2.82. The van der Waals surface area contributed by atoms with Gasteiger partial charge in [0, 0.05) is 13.2 Å². The monoisotopic (exact) mass is 295 g/mol. The van der Waals surface area contributed by atoms with Crippen molar-refractivity contribution in [3.63, 3.8) is 0 Å². The van der Waals surface area contributed by atoms with E-state index in [1.54, 1.807) is 24.8 Å². The van der Waals surface area contributed by atoms with Gasteiger partial charge in [-0.1, -0.05) is 0 Å². The molecule has 0 saturated carbocycles. The molecule has 4 aromatic heterocycles. The lowest BCUT2D eigenvalue weighted by Gasteiger charge is -2.05. The van der Waals surface area contributed by atoms with Gasteiger partial charge in [0.25, 0.3) is 0 Å². The molecule has 6 nitrogen and oxygen atoms in total. The van der Waals surface area contributed by atoms with Gasteiger partial charge in [-0.25, -0.2) is 9.97 Å². The first-order valence-corrected chi connectivity index (χ1v) is 6.57. The van der Waals surface area contributed by atoms with Gasteiger partial charge in [0.05, 0.1) is 23.8 Å². The Hall–Kier alpha value is -3.09. The van der Waals surface area contributed by atoms with Crippen LogP contribution in [-0.4, -0.2) is 24.5 Å². The molecule has 0 aromatic carbocycles. The van der Waals surface area contributed by atoms with E-state index < -0.39 is 5.95 Å². The van der Waals surface area contributed by atoms with Crippen molar-refractivity contribution in [3.05, 3.63) is 48.9 Å². The highest BCUT2D eigenvalue weighted by Gasteiger charge is 2.17. The van der Waals surface area contributed by atoms with Crippen LogP contribution < -0.4 is 0 Å². The zero-order chi connectivity index (χ0) is 15.1. The zero-order valence-corrected chi connectivity index (χ0v) is 11.6. The van der Waals surface area contributed by atoms with Gasteiger partial charge in [0.15, 0.2) is 0 Å². The molecular weight excluding hydrogens is 285 g/mol. The fourth-order valence-electron chi connectivity index (χ4n) is 2.28. The lowest BCUT2D eigenvalue weighted by atomic mass is 10.1. The normalized spacial score (nSPS) is 11.2. The Balaban J connectivity index is 1.93. The highest BCUT2D eigenvalue weighted by Crippen LogP contribution is 2.30. The van der Waals surface area contributed by atoms with Gasteiger partial charge >= 0.3 is 0 Å². The van der Waals surface area contributed by atoms with Crippen LogP contribution in [0.15, 0.2) is 47.4 Å². The summed E-state index contributed by atoms with van der Waals surface area (Å²) in [6.45, 7) is 0. The lowest BCUT2D eigenvalue weighted by molar-refractivity contribution is 0.559. The smallest absolute Gasteiger partial charge is 0.250 e. The molecule has 0 fully saturated rings. The van der Waals surface area contributed by atoms with Crippen LogP contribution in [0.2, 0.25) is 0 Å². The summed E-state index contributed by atoms with van der Waals surface area (Å²) >= 11 is 0. The van der Waals surface area contributed by atoms with E-state index in [-0.39, 0.29) is 5.71 Å². The molecule has 0 saturated heterocycles. The molecule has 0 atom stereocenters. The molecular formula is C15H10FN5O. The highest BCUT2D eigenvalue weighted by molar-refractivity contribution is 5.79. The average molecular weight is 295 g/mol. The van der Waals surface area contributed by atoms with Gasteiger partial charge in [-0.2, -0.15) is 9.37 Å². The molecule has 4 rings (SSSR count). The van der Waals surface area contributed by atoms with Crippen molar-refractivity contribution in [2.24, 2.45) is 7.05 Å². The van der Waals surface area contributed by atoms with E-state index in [1.165, 1.54) is 12.1 Å². The Kier molecular flexibility index (Phi) is 2.72. The standard InChI is InChI=1S/C15H10FN5O/c1-21-8-17-7-11(21)13-9(3-2-6-18-13)14-19-10-4-5-12(16)20-15(10)22-14/h2-8H,1H3. The zero-order valence-electron chi connectivity index (χ0n) is 11.6. The van der Waals surface area contributed by atoms with Crippen LogP contribution in [0, 0.1) is 5.95 Å². The summed E-state index contributed by atoms with van der Waals surface area (Å²) in [5.74, 6) is -0.259. The molecule has 0 aliphatic heterocycles. The van der Waals surface area contributed by atoms with Gasteiger partial charge in [-0.05, 0) is 24.3 Å². The predicted molar refractivity (Wildman–Crippen MR) is 77.2 cm³/mol. The molecule has 0 unspecified atom stereocenters. The van der Waals surface area contributed by atoms with Crippen LogP contribution in [0.3, 0.4) is 0 Å². The lowest BCUT2D eigenvalue weighted by Crippen LogP contribution is -1.94. The van der Waals surface area contributed by atoms with Gasteiger partial charge in [0.2, 0.25) is 17.6 Å². The number of halogens is 1. The number of nitrogens with zero attached hydrogens (tertiary/aromatic N) is 5. The van der Waals surface area contributed by atoms with Crippen LogP contribution in [0.25, 0.3) is 34.1 Å². The Labute approximate surface area is 124 Å². The number of hydrogen-bond acceptors (Lipinski definition) is 5. The molecule has 0 bridgehead atoms. The molecule has 4 aromatic rings. The third-order valence-electron chi connectivity index (χ3n) is 3.32. The first kappa shape index (κ1) is 12.6. The van der Waals surface area contributed by atoms with Crippen molar-refractivity contribution >= 4 is 11.2 Å². The van der Waals surface area contributed by atoms with Gasteiger partial charge < -0.3 is 8.98 Å². The minimum absolute atomic E-state index is 0.162. The number of rotatable bonds is 2. The summed E-state index contributed by atoms with van der Waals surface area (Å²) < 4.78 is 20.6. The molecule has 0 radical (unpaired) electrons. The van der Waals surface area contributed by atoms with Gasteiger partial charge in [-0.15, -0.1) is 0 Å². The Bertz CT molecular complexity index is 975. The van der Waals surface area contributed by atoms with E-state index in [0.717, 1.165) is 5.69 Å². The van der Waals surface area contributed by atoms with Crippen molar-refractivity contribution in [3.8, 4) is 22.8 Å². The summed E-state index contributed by atoms with van der Waals surface area (Å²) in [6.07, 6.45) is 5.09. The number of fused-ring (bicyclic) bond motifs is 1. The molecule has 4 heterocycles. The summed E-state index contributed by atoms with van der Waals surface area (Å²) in [5.41, 5.74) is 2.88. The van der Waals surface area contributed by atoms with Crippen LogP contribution in [0.5, 0.6) is 0 Å². The SMILES string of the molecule is Cn1cncc1-c1ncccc1-c1nc2ccc(F)nc2o1. The number of pyridine rings is 2. The van der Waals surface area contributed by atoms with E-state index >= 15 is 0 Å². The summed E-state index contributed by atoms with van der Waals surface area (Å²) in [6, 6.07) is 6.42. The van der Waals surface area contributed by atoms with Crippen LogP contribution in [0.1, 0.15) is 0 Å². The fraction of sp³-hybridized carbons (Fsp3) is 0.0667. The first-order chi connectivity index (χ1) is 10.7. The average Bonchev–Trinajstić information content (AvgIpc) is 3.12. The van der Waals surface area contributed by atoms with Crippen LogP contribution in [0.4, 0.5) is 4.39 Å². The number of oxazole rings is 1. The molecule has 0 aliphatic carbocycles. The molecule has 0 amide bonds. The number of imidazole rings is 1. The molecule has 0 spiro atoms. The minimum Gasteiger partial charge on any atom is -0.417 e. The van der Waals surface area contributed by atoms with Crippen LogP contribution >= 0.6 is 0 Å². The van der Waals surface area contributed by atoms with E-state index in [4.69, 9.17) is 4.42 Å². The van der Waals surface area contributed by atoms with E-state index in [0.29, 0.717) is 22.7 Å². The Morgan fingerprint density at radius 1 is 1.18 bits per heavy atom. The second kappa shape index (κ2) is 4.73. The quantitative estimate of drug-likeness (QED) is 0.532. The Morgan fingerprint density at radius 2 is 2.09 bits per heavy atom. The summed E-state index contributed by atoms with van der Waals surface area (Å²) in [4.78, 5) is 16.5. The molecule has 108 valence electrons. The maximum absolute atomic E-state index is 13.2. The van der Waals surface area contributed by atoms with Crippen molar-refractivity contribution in [1.29, 1.82) is 0 Å². The van der Waals surface area contributed by atoms with Crippen molar-refractivity contribution < 1.29 is 8.81 Å². The highest BCUT2D eigenvalue weighted by atomic mass is 19.1. The van der Waals surface area contributed by atoms with Gasteiger partial charge in [-0.3, -0.25) is 4.98 Å². The first-order valence-electron chi connectivity index (χ1n) is 6.57. The number of hydrogen-bond donors (Lipinski definition) is 0. The number of aromatic nitrogens is 5. The largest absolute Gasteiger partial charge is 0.417 e. The second-order valence-corrected chi connectivity index (χ2v) is 4.77. The fourth-order valence-corrected chi connectivity index (χ4v) is 2.28. The maximum atomic E-state index is 13.2. The third-order valence-corrected chi connectivity index (χ3v) is 3.32. The van der Waals surface area contributed by atoms with E-state index in [9.17, 15) is 4.39 Å². The van der Waals surface area contributed by atoms with E-state index in [2.05, 4.69) is 19.9 Å². The van der Waals surface area contributed by atoms with Crippen molar-refractivity contribution in [2.45, 2.75) is 0 Å². The van der Waals surface area contributed by atoms with Crippen molar-refractivity contribution in [2.75, 3.05) is 0 Å². The number of aryl methyl sites for hydroxylation is 1. The molecule has 0 aliphatic rings. The molecule has 0 N–H and O–H groups in total.